The van der Waals surface area contributed by atoms with Crippen LogP contribution in [0.1, 0.15) is 18.9 Å². The summed E-state index contributed by atoms with van der Waals surface area (Å²) in [6.07, 6.45) is 6.59. The Balaban J connectivity index is 0.947. The Bertz CT molecular complexity index is 1550. The standard InChI is InChI=1S/C32H38N8O/c1-41-31-16-23(39-19-25(20-39)38-14-12-37(13-15-38)24-17-33-18-24)8-9-29(31)36-32-34-11-10-28(35-32)27-21-40(22-6-7-22)30-5-3-2-4-26(27)30/h2-5,8-11,16,21-22,24-25,33H,6-7,12-15,17-20H2,1H3,(H,34,35,36). The van der Waals surface area contributed by atoms with Crippen molar-refractivity contribution in [2.75, 3.05) is 69.7 Å². The second kappa shape index (κ2) is 10.3. The van der Waals surface area contributed by atoms with Gasteiger partial charge in [0.2, 0.25) is 5.95 Å². The van der Waals surface area contributed by atoms with Crippen LogP contribution in [0.15, 0.2) is 60.9 Å². The summed E-state index contributed by atoms with van der Waals surface area (Å²) in [5.74, 6) is 1.37. The first-order chi connectivity index (χ1) is 20.2. The number of aromatic nitrogens is 3. The Kier molecular flexibility index (Phi) is 6.31. The lowest BCUT2D eigenvalue weighted by Gasteiger charge is -2.50. The molecule has 0 amide bonds. The van der Waals surface area contributed by atoms with Crippen molar-refractivity contribution in [3.63, 3.8) is 0 Å². The highest BCUT2D eigenvalue weighted by Gasteiger charge is 2.36. The van der Waals surface area contributed by atoms with Gasteiger partial charge in [0.05, 0.1) is 18.5 Å². The summed E-state index contributed by atoms with van der Waals surface area (Å²) in [4.78, 5) is 17.2. The molecule has 4 fully saturated rings. The molecule has 3 aliphatic heterocycles. The van der Waals surface area contributed by atoms with Crippen molar-refractivity contribution in [1.82, 2.24) is 29.7 Å². The summed E-state index contributed by atoms with van der Waals surface area (Å²) >= 11 is 0. The van der Waals surface area contributed by atoms with Crippen LogP contribution in [0.5, 0.6) is 5.75 Å². The second-order valence-corrected chi connectivity index (χ2v) is 11.9. The van der Waals surface area contributed by atoms with Gasteiger partial charge in [0.1, 0.15) is 5.75 Å². The second-order valence-electron chi connectivity index (χ2n) is 11.9. The zero-order valence-corrected chi connectivity index (χ0v) is 23.7. The van der Waals surface area contributed by atoms with Crippen molar-refractivity contribution in [2.24, 2.45) is 0 Å². The molecule has 2 N–H and O–H groups in total. The van der Waals surface area contributed by atoms with Crippen molar-refractivity contribution in [1.29, 1.82) is 0 Å². The Labute approximate surface area is 241 Å². The molecule has 8 rings (SSSR count). The van der Waals surface area contributed by atoms with Gasteiger partial charge in [-0.25, -0.2) is 9.97 Å². The zero-order chi connectivity index (χ0) is 27.3. The van der Waals surface area contributed by atoms with E-state index < -0.39 is 0 Å². The predicted molar refractivity (Wildman–Crippen MR) is 163 cm³/mol. The fraction of sp³-hybridized carbons (Fsp3) is 0.438. The molecule has 9 nitrogen and oxygen atoms in total. The van der Waals surface area contributed by atoms with Gasteiger partial charge in [0, 0.05) is 111 Å². The van der Waals surface area contributed by atoms with E-state index in [1.165, 1.54) is 55.6 Å². The molecule has 2 aromatic carbocycles. The van der Waals surface area contributed by atoms with Gasteiger partial charge in [0.15, 0.2) is 0 Å². The first kappa shape index (κ1) is 25.1. The van der Waals surface area contributed by atoms with Gasteiger partial charge in [-0.15, -0.1) is 0 Å². The maximum absolute atomic E-state index is 5.81. The molecule has 0 spiro atoms. The number of ether oxygens (including phenoxy) is 1. The van der Waals surface area contributed by atoms with Crippen LogP contribution in [0.2, 0.25) is 0 Å². The summed E-state index contributed by atoms with van der Waals surface area (Å²) in [6.45, 7) is 9.22. The van der Waals surface area contributed by atoms with E-state index in [1.54, 1.807) is 7.11 Å². The molecule has 4 aliphatic rings. The van der Waals surface area contributed by atoms with E-state index >= 15 is 0 Å². The molecular formula is C32H38N8O. The number of piperazine rings is 1. The number of methoxy groups -OCH3 is 1. The Morgan fingerprint density at radius 1 is 0.902 bits per heavy atom. The minimum absolute atomic E-state index is 0.567. The number of fused-ring (bicyclic) bond motifs is 1. The molecule has 0 bridgehead atoms. The van der Waals surface area contributed by atoms with Gasteiger partial charge in [0.25, 0.3) is 0 Å². The van der Waals surface area contributed by atoms with Crippen LogP contribution in [0.4, 0.5) is 17.3 Å². The molecule has 3 saturated heterocycles. The molecule has 41 heavy (non-hydrogen) atoms. The topological polar surface area (TPSA) is 73.7 Å². The highest BCUT2D eigenvalue weighted by atomic mass is 16.5. The number of nitrogens with one attached hydrogen (secondary N) is 2. The molecule has 1 saturated carbocycles. The van der Waals surface area contributed by atoms with Crippen LogP contribution in [-0.2, 0) is 0 Å². The summed E-state index contributed by atoms with van der Waals surface area (Å²) in [6, 6.07) is 19.0. The highest BCUT2D eigenvalue weighted by Crippen LogP contribution is 2.41. The van der Waals surface area contributed by atoms with Crippen LogP contribution in [0.3, 0.4) is 0 Å². The van der Waals surface area contributed by atoms with Gasteiger partial charge in [-0.3, -0.25) is 9.80 Å². The number of anilines is 3. The van der Waals surface area contributed by atoms with Gasteiger partial charge in [-0.05, 0) is 37.1 Å². The molecule has 9 heteroatoms. The zero-order valence-electron chi connectivity index (χ0n) is 23.7. The minimum atomic E-state index is 0.567. The van der Waals surface area contributed by atoms with E-state index in [0.29, 0.717) is 18.0 Å². The van der Waals surface area contributed by atoms with E-state index in [9.17, 15) is 0 Å². The minimum Gasteiger partial charge on any atom is -0.494 e. The number of benzene rings is 2. The van der Waals surface area contributed by atoms with Gasteiger partial charge in [-0.2, -0.15) is 0 Å². The number of para-hydroxylation sites is 1. The molecular weight excluding hydrogens is 512 g/mol. The smallest absolute Gasteiger partial charge is 0.227 e. The molecule has 0 atom stereocenters. The van der Waals surface area contributed by atoms with Gasteiger partial charge >= 0.3 is 0 Å². The third-order valence-electron chi connectivity index (χ3n) is 9.41. The van der Waals surface area contributed by atoms with Crippen LogP contribution in [-0.4, -0.2) is 95.9 Å². The van der Waals surface area contributed by atoms with Gasteiger partial charge < -0.3 is 24.8 Å². The third kappa shape index (κ3) is 4.71. The van der Waals surface area contributed by atoms with Crippen molar-refractivity contribution >= 4 is 28.2 Å². The van der Waals surface area contributed by atoms with E-state index in [1.807, 2.05) is 12.3 Å². The molecule has 5 heterocycles. The normalized spacial score (nSPS) is 20.7. The van der Waals surface area contributed by atoms with Crippen LogP contribution in [0, 0.1) is 0 Å². The molecule has 2 aromatic heterocycles. The van der Waals surface area contributed by atoms with E-state index in [4.69, 9.17) is 9.72 Å². The van der Waals surface area contributed by atoms with E-state index in [2.05, 4.69) is 83.5 Å². The lowest BCUT2D eigenvalue weighted by atomic mass is 10.0. The maximum Gasteiger partial charge on any atom is 0.227 e. The predicted octanol–water partition coefficient (Wildman–Crippen LogP) is 3.96. The SMILES string of the molecule is COc1cc(N2CC(N3CCN(C4CNC4)CC3)C2)ccc1Nc1nccc(-c2cn(C3CC3)c3ccccc23)n1. The number of hydrogen-bond donors (Lipinski definition) is 2. The van der Waals surface area contributed by atoms with Crippen LogP contribution < -0.4 is 20.3 Å². The van der Waals surface area contributed by atoms with Crippen molar-refractivity contribution in [3.8, 4) is 17.0 Å². The maximum atomic E-state index is 5.81. The molecule has 0 radical (unpaired) electrons. The van der Waals surface area contributed by atoms with Crippen LogP contribution >= 0.6 is 0 Å². The first-order valence-electron chi connectivity index (χ1n) is 15.1. The molecule has 212 valence electrons. The monoisotopic (exact) mass is 550 g/mol. The average molecular weight is 551 g/mol. The first-order valence-corrected chi connectivity index (χ1v) is 15.1. The van der Waals surface area contributed by atoms with E-state index in [-0.39, 0.29) is 0 Å². The molecule has 4 aromatic rings. The average Bonchev–Trinajstić information content (AvgIpc) is 3.73. The molecule has 0 unspecified atom stereocenters. The van der Waals surface area contributed by atoms with Crippen LogP contribution in [0.25, 0.3) is 22.2 Å². The van der Waals surface area contributed by atoms with E-state index in [0.717, 1.165) is 54.9 Å². The summed E-state index contributed by atoms with van der Waals surface area (Å²) in [5, 5.41) is 8.05. The van der Waals surface area contributed by atoms with Crippen molar-refractivity contribution < 1.29 is 4.74 Å². The summed E-state index contributed by atoms with van der Waals surface area (Å²) in [5.41, 5.74) is 5.41. The number of nitrogens with zero attached hydrogens (tertiary/aromatic N) is 6. The lowest BCUT2D eigenvalue weighted by molar-refractivity contribution is 0.0445. The largest absolute Gasteiger partial charge is 0.494 e. The molecule has 1 aliphatic carbocycles. The Morgan fingerprint density at radius 2 is 1.68 bits per heavy atom. The third-order valence-corrected chi connectivity index (χ3v) is 9.41. The fourth-order valence-corrected chi connectivity index (χ4v) is 6.63. The summed E-state index contributed by atoms with van der Waals surface area (Å²) in [7, 11) is 1.73. The lowest BCUT2D eigenvalue weighted by Crippen LogP contribution is -2.66. The Hall–Kier alpha value is -3.66. The quantitative estimate of drug-likeness (QED) is 0.342. The summed E-state index contributed by atoms with van der Waals surface area (Å²) < 4.78 is 8.22. The number of rotatable bonds is 8. The van der Waals surface area contributed by atoms with Gasteiger partial charge in [-0.1, -0.05) is 18.2 Å². The Morgan fingerprint density at radius 3 is 2.41 bits per heavy atom. The fourth-order valence-electron chi connectivity index (χ4n) is 6.63. The van der Waals surface area contributed by atoms with Crippen molar-refractivity contribution in [3.05, 3.63) is 60.9 Å². The van der Waals surface area contributed by atoms with Crippen molar-refractivity contribution in [2.45, 2.75) is 31.0 Å². The highest BCUT2D eigenvalue weighted by molar-refractivity contribution is 5.95. The number of hydrogen-bond acceptors (Lipinski definition) is 8.